The summed E-state index contributed by atoms with van der Waals surface area (Å²) in [6.07, 6.45) is 6.53. The van der Waals surface area contributed by atoms with Crippen molar-refractivity contribution in [3.63, 3.8) is 0 Å². The van der Waals surface area contributed by atoms with Crippen molar-refractivity contribution >= 4 is 40.5 Å². The molecule has 2 aliphatic heterocycles. The zero-order chi connectivity index (χ0) is 27.2. The third kappa shape index (κ3) is 6.77. The van der Waals surface area contributed by atoms with Crippen LogP contribution >= 0.6 is 0 Å². The number of aryl methyl sites for hydroxylation is 1. The minimum atomic E-state index is -0.369. The molecule has 0 bridgehead atoms. The van der Waals surface area contributed by atoms with Crippen LogP contribution in [-0.2, 0) is 9.59 Å². The lowest BCUT2D eigenvalue weighted by Gasteiger charge is -2.33. The number of carbonyl (C=O) groups excluding carboxylic acids is 3. The van der Waals surface area contributed by atoms with Crippen molar-refractivity contribution < 1.29 is 14.4 Å². The zero-order valence-corrected chi connectivity index (χ0v) is 22.5. The van der Waals surface area contributed by atoms with Gasteiger partial charge in [0.1, 0.15) is 11.6 Å². The molecule has 0 atom stereocenters. The van der Waals surface area contributed by atoms with Gasteiger partial charge in [0.2, 0.25) is 5.91 Å². The zero-order valence-electron chi connectivity index (χ0n) is 22.5. The van der Waals surface area contributed by atoms with E-state index in [-0.39, 0.29) is 29.6 Å². The first-order valence-corrected chi connectivity index (χ1v) is 13.3. The molecule has 0 unspecified atom stereocenters. The maximum Gasteiger partial charge on any atom is 0.251 e. The Balaban J connectivity index is 1.52. The van der Waals surface area contributed by atoms with Gasteiger partial charge in [0.05, 0.1) is 11.4 Å². The molecule has 3 N–H and O–H groups in total. The molecule has 4 rings (SSSR count). The van der Waals surface area contributed by atoms with Crippen LogP contribution in [0.3, 0.4) is 0 Å². The van der Waals surface area contributed by atoms with Gasteiger partial charge < -0.3 is 25.8 Å². The number of hydrogen-bond donors (Lipinski definition) is 3. The number of ketones is 1. The smallest absolute Gasteiger partial charge is 0.251 e. The molecule has 0 aliphatic carbocycles. The van der Waals surface area contributed by atoms with Gasteiger partial charge in [-0.25, -0.2) is 4.98 Å². The highest BCUT2D eigenvalue weighted by Gasteiger charge is 2.24. The number of rotatable bonds is 8. The van der Waals surface area contributed by atoms with Crippen LogP contribution in [0.15, 0.2) is 43.1 Å². The van der Waals surface area contributed by atoms with Crippen LogP contribution in [0.5, 0.6) is 0 Å². The van der Waals surface area contributed by atoms with E-state index in [1.807, 2.05) is 19.2 Å². The molecule has 2 fully saturated rings. The topological polar surface area (TPSA) is 107 Å². The summed E-state index contributed by atoms with van der Waals surface area (Å²) < 4.78 is 0. The molecule has 2 aliphatic rings. The van der Waals surface area contributed by atoms with Crippen molar-refractivity contribution in [3.05, 3.63) is 54.2 Å². The molecule has 9 heteroatoms. The van der Waals surface area contributed by atoms with E-state index in [4.69, 9.17) is 0 Å². The van der Waals surface area contributed by atoms with Crippen molar-refractivity contribution in [2.45, 2.75) is 45.6 Å². The Morgan fingerprint density at radius 2 is 1.74 bits per heavy atom. The standard InChI is InChI=1S/C29H38N6O3/c1-5-28(37)33-25-16-22(29(38)31-23-10-12-34(4)13-11-23)6-7-24(25)32-27-17-26(19(2)18-30-27)35-14-8-21(9-15-35)20(3)36/h5-7,16-18,21,23H,1,8-15H2,2-4H3,(H,30,32)(H,31,38)(H,33,37). The van der Waals surface area contributed by atoms with Gasteiger partial charge in [-0.2, -0.15) is 0 Å². The van der Waals surface area contributed by atoms with E-state index in [0.717, 1.165) is 63.1 Å². The Morgan fingerprint density at radius 3 is 2.39 bits per heavy atom. The van der Waals surface area contributed by atoms with Crippen LogP contribution in [0, 0.1) is 12.8 Å². The molecule has 2 aromatic rings. The van der Waals surface area contributed by atoms with Crippen LogP contribution in [0.4, 0.5) is 22.9 Å². The Bertz CT molecular complexity index is 1200. The summed E-state index contributed by atoms with van der Waals surface area (Å²) in [5.41, 5.74) is 3.68. The number of nitrogens with one attached hydrogen (secondary N) is 3. The number of benzene rings is 1. The number of piperidine rings is 2. The van der Waals surface area contributed by atoms with Crippen LogP contribution in [0.25, 0.3) is 0 Å². The van der Waals surface area contributed by atoms with Gasteiger partial charge in [-0.05, 0) is 89.5 Å². The van der Waals surface area contributed by atoms with Gasteiger partial charge in [0, 0.05) is 48.6 Å². The maximum atomic E-state index is 13.0. The number of anilines is 4. The van der Waals surface area contributed by atoms with E-state index in [2.05, 4.69) is 44.4 Å². The van der Waals surface area contributed by atoms with Crippen LogP contribution in [0.1, 0.15) is 48.5 Å². The lowest BCUT2D eigenvalue weighted by molar-refractivity contribution is -0.121. The Labute approximate surface area is 224 Å². The van der Waals surface area contributed by atoms with Gasteiger partial charge in [0.25, 0.3) is 5.91 Å². The minimum Gasteiger partial charge on any atom is -0.371 e. The normalized spacial score (nSPS) is 17.1. The van der Waals surface area contributed by atoms with Gasteiger partial charge in [-0.3, -0.25) is 14.4 Å². The van der Waals surface area contributed by atoms with Crippen LogP contribution in [-0.4, -0.2) is 66.8 Å². The molecule has 3 heterocycles. The fourth-order valence-electron chi connectivity index (χ4n) is 5.09. The first-order chi connectivity index (χ1) is 18.2. The molecular weight excluding hydrogens is 480 g/mol. The molecule has 9 nitrogen and oxygen atoms in total. The average Bonchev–Trinajstić information content (AvgIpc) is 2.91. The lowest BCUT2D eigenvalue weighted by Crippen LogP contribution is -2.43. The first-order valence-electron chi connectivity index (χ1n) is 13.3. The summed E-state index contributed by atoms with van der Waals surface area (Å²) in [4.78, 5) is 46.0. The highest BCUT2D eigenvalue weighted by atomic mass is 16.2. The number of amides is 2. The summed E-state index contributed by atoms with van der Waals surface area (Å²) in [6.45, 7) is 10.8. The average molecular weight is 519 g/mol. The SMILES string of the molecule is C=CC(=O)Nc1cc(C(=O)NC2CCN(C)CC2)ccc1Nc1cc(N2CCC(C(C)=O)CC2)c(C)cn1. The second-order valence-electron chi connectivity index (χ2n) is 10.4. The molecule has 0 spiro atoms. The number of Topliss-reactive ketones (excluding diaryl/α,β-unsaturated/α-hetero) is 1. The summed E-state index contributed by atoms with van der Waals surface area (Å²) >= 11 is 0. The van der Waals surface area contributed by atoms with E-state index < -0.39 is 0 Å². The maximum absolute atomic E-state index is 13.0. The number of likely N-dealkylation sites (tertiary alicyclic amines) is 1. The second-order valence-corrected chi connectivity index (χ2v) is 10.4. The third-order valence-corrected chi connectivity index (χ3v) is 7.53. The largest absolute Gasteiger partial charge is 0.371 e. The minimum absolute atomic E-state index is 0.136. The van der Waals surface area contributed by atoms with Crippen molar-refractivity contribution in [1.82, 2.24) is 15.2 Å². The van der Waals surface area contributed by atoms with Crippen molar-refractivity contribution in [2.75, 3.05) is 48.8 Å². The fraction of sp³-hybridized carbons (Fsp3) is 0.448. The molecule has 1 aromatic heterocycles. The Kier molecular flexibility index (Phi) is 8.78. The predicted molar refractivity (Wildman–Crippen MR) is 151 cm³/mol. The molecule has 2 amide bonds. The summed E-state index contributed by atoms with van der Waals surface area (Å²) in [7, 11) is 2.08. The number of pyridine rings is 1. The number of nitrogens with zero attached hydrogens (tertiary/aromatic N) is 3. The molecule has 1 aromatic carbocycles. The molecule has 0 radical (unpaired) electrons. The Hall–Kier alpha value is -3.72. The number of hydrogen-bond acceptors (Lipinski definition) is 7. The number of carbonyl (C=O) groups is 3. The molecular formula is C29H38N6O3. The van der Waals surface area contributed by atoms with E-state index in [9.17, 15) is 14.4 Å². The molecule has 0 saturated carbocycles. The predicted octanol–water partition coefficient (Wildman–Crippen LogP) is 3.89. The molecule has 2 saturated heterocycles. The van der Waals surface area contributed by atoms with Gasteiger partial charge in [-0.1, -0.05) is 6.58 Å². The highest BCUT2D eigenvalue weighted by Crippen LogP contribution is 2.31. The highest BCUT2D eigenvalue weighted by molar-refractivity contribution is 6.03. The lowest BCUT2D eigenvalue weighted by atomic mass is 9.93. The van der Waals surface area contributed by atoms with Crippen LogP contribution in [0.2, 0.25) is 0 Å². The van der Waals surface area contributed by atoms with E-state index in [1.165, 1.54) is 6.08 Å². The van der Waals surface area contributed by atoms with Crippen LogP contribution < -0.4 is 20.9 Å². The fourth-order valence-corrected chi connectivity index (χ4v) is 5.09. The molecule has 38 heavy (non-hydrogen) atoms. The summed E-state index contributed by atoms with van der Waals surface area (Å²) in [5.74, 6) is 0.488. The number of aromatic nitrogens is 1. The van der Waals surface area contributed by atoms with Crippen molar-refractivity contribution in [3.8, 4) is 0 Å². The van der Waals surface area contributed by atoms with Gasteiger partial charge >= 0.3 is 0 Å². The van der Waals surface area contributed by atoms with Crippen molar-refractivity contribution in [1.29, 1.82) is 0 Å². The van der Waals surface area contributed by atoms with Crippen molar-refractivity contribution in [2.24, 2.45) is 5.92 Å². The quantitative estimate of drug-likeness (QED) is 0.455. The summed E-state index contributed by atoms with van der Waals surface area (Å²) in [5, 5.41) is 9.25. The van der Waals surface area contributed by atoms with Gasteiger partial charge in [0.15, 0.2) is 0 Å². The first kappa shape index (κ1) is 27.3. The van der Waals surface area contributed by atoms with E-state index >= 15 is 0 Å². The third-order valence-electron chi connectivity index (χ3n) is 7.53. The second kappa shape index (κ2) is 12.2. The van der Waals surface area contributed by atoms with E-state index in [1.54, 1.807) is 25.1 Å². The monoisotopic (exact) mass is 518 g/mol. The Morgan fingerprint density at radius 1 is 1.03 bits per heavy atom. The van der Waals surface area contributed by atoms with E-state index in [0.29, 0.717) is 22.8 Å². The molecule has 202 valence electrons. The van der Waals surface area contributed by atoms with Gasteiger partial charge in [-0.15, -0.1) is 0 Å². The summed E-state index contributed by atoms with van der Waals surface area (Å²) in [6, 6.07) is 7.33.